The zero-order valence-electron chi connectivity index (χ0n) is 8.57. The molecule has 0 radical (unpaired) electrons. The van der Waals surface area contributed by atoms with E-state index in [1.54, 1.807) is 24.5 Å². The third kappa shape index (κ3) is 2.93. The molecule has 0 saturated carbocycles. The first kappa shape index (κ1) is 11.4. The normalized spacial score (nSPS) is 11.2. The van der Waals surface area contributed by atoms with Crippen molar-refractivity contribution in [2.24, 2.45) is 0 Å². The summed E-state index contributed by atoms with van der Waals surface area (Å²) in [5.74, 6) is 0. The van der Waals surface area contributed by atoms with Gasteiger partial charge in [-0.15, -0.1) is 0 Å². The Bertz CT molecular complexity index is 480. The summed E-state index contributed by atoms with van der Waals surface area (Å²) in [5.41, 5.74) is 0.259. The minimum Gasteiger partial charge on any atom is -0.353 e. The third-order valence-electron chi connectivity index (χ3n) is 2.00. The van der Waals surface area contributed by atoms with Crippen molar-refractivity contribution >= 4 is 11.4 Å². The number of hydrogen-bond acceptors (Lipinski definition) is 3. The second-order valence-corrected chi connectivity index (χ2v) is 3.30. The molecule has 6 heteroatoms. The molecule has 0 saturated heterocycles. The first-order valence-corrected chi connectivity index (χ1v) is 4.76. The Morgan fingerprint density at radius 1 is 1.00 bits per heavy atom. The van der Waals surface area contributed by atoms with Crippen LogP contribution in [0.2, 0.25) is 0 Å². The number of hydrogen-bond donors (Lipinski definition) is 1. The number of nitrogens with one attached hydrogen (secondary N) is 1. The van der Waals surface area contributed by atoms with E-state index in [4.69, 9.17) is 0 Å². The number of nitrogens with zero attached hydrogens (tertiary/aromatic N) is 2. The van der Waals surface area contributed by atoms with E-state index in [1.807, 2.05) is 0 Å². The van der Waals surface area contributed by atoms with Gasteiger partial charge in [-0.25, -0.2) is 4.98 Å². The Morgan fingerprint density at radius 2 is 1.76 bits per heavy atom. The maximum atomic E-state index is 12.3. The van der Waals surface area contributed by atoms with Gasteiger partial charge in [0.1, 0.15) is 5.69 Å². The lowest BCUT2D eigenvalue weighted by Crippen LogP contribution is -2.07. The van der Waals surface area contributed by atoms with Crippen LogP contribution < -0.4 is 5.32 Å². The maximum absolute atomic E-state index is 12.3. The lowest BCUT2D eigenvalue weighted by Gasteiger charge is -2.08. The molecular formula is C11H8F3N3. The van der Waals surface area contributed by atoms with Gasteiger partial charge in [-0.3, -0.25) is 4.98 Å². The molecular weight excluding hydrogens is 231 g/mol. The molecule has 0 aromatic carbocycles. The van der Waals surface area contributed by atoms with Gasteiger partial charge in [-0.05, 0) is 24.3 Å². The molecule has 0 atom stereocenters. The Kier molecular flexibility index (Phi) is 2.95. The average Bonchev–Trinajstić information content (AvgIpc) is 2.30. The smallest absolute Gasteiger partial charge is 0.353 e. The van der Waals surface area contributed by atoms with Gasteiger partial charge < -0.3 is 5.32 Å². The topological polar surface area (TPSA) is 37.8 Å². The Hall–Kier alpha value is -2.11. The lowest BCUT2D eigenvalue weighted by molar-refractivity contribution is -0.141. The van der Waals surface area contributed by atoms with Crippen LogP contribution >= 0.6 is 0 Å². The highest BCUT2D eigenvalue weighted by Crippen LogP contribution is 2.28. The molecule has 2 rings (SSSR count). The van der Waals surface area contributed by atoms with Crippen LogP contribution in [0.4, 0.5) is 24.5 Å². The van der Waals surface area contributed by atoms with E-state index < -0.39 is 11.9 Å². The number of anilines is 2. The first-order valence-electron chi connectivity index (χ1n) is 4.76. The predicted octanol–water partition coefficient (Wildman–Crippen LogP) is 3.24. The molecule has 3 nitrogen and oxygen atoms in total. The fraction of sp³-hybridized carbons (Fsp3) is 0.0909. The monoisotopic (exact) mass is 239 g/mol. The van der Waals surface area contributed by atoms with Crippen LogP contribution in [-0.2, 0) is 6.18 Å². The number of halogens is 3. The Labute approximate surface area is 95.3 Å². The van der Waals surface area contributed by atoms with Crippen LogP contribution in [0.25, 0.3) is 0 Å². The maximum Gasteiger partial charge on any atom is 0.433 e. The summed E-state index contributed by atoms with van der Waals surface area (Å²) < 4.78 is 36.8. The van der Waals surface area contributed by atoms with Crippen molar-refractivity contribution in [2.45, 2.75) is 6.18 Å². The first-order chi connectivity index (χ1) is 8.05. The molecule has 88 valence electrons. The van der Waals surface area contributed by atoms with Crippen molar-refractivity contribution < 1.29 is 13.2 Å². The fourth-order valence-electron chi connectivity index (χ4n) is 1.24. The van der Waals surface area contributed by atoms with Crippen LogP contribution in [0.1, 0.15) is 5.69 Å². The number of rotatable bonds is 2. The Morgan fingerprint density at radius 3 is 2.29 bits per heavy atom. The molecule has 0 spiro atoms. The number of aromatic nitrogens is 2. The molecule has 0 aliphatic rings. The Balaban J connectivity index is 2.14. The molecule has 0 aliphatic heterocycles. The molecule has 2 aromatic rings. The van der Waals surface area contributed by atoms with E-state index in [0.717, 1.165) is 12.3 Å². The number of pyridine rings is 2. The molecule has 0 bridgehead atoms. The zero-order chi connectivity index (χ0) is 12.3. The van der Waals surface area contributed by atoms with Crippen molar-refractivity contribution in [3.8, 4) is 0 Å². The van der Waals surface area contributed by atoms with Gasteiger partial charge in [-0.2, -0.15) is 13.2 Å². The van der Waals surface area contributed by atoms with Crippen LogP contribution in [0.15, 0.2) is 42.9 Å². The van der Waals surface area contributed by atoms with Gasteiger partial charge in [-0.1, -0.05) is 0 Å². The van der Waals surface area contributed by atoms with E-state index in [0.29, 0.717) is 11.4 Å². The van der Waals surface area contributed by atoms with Crippen molar-refractivity contribution in [2.75, 3.05) is 5.32 Å². The van der Waals surface area contributed by atoms with Crippen molar-refractivity contribution in [1.29, 1.82) is 0 Å². The summed E-state index contributed by atoms with van der Waals surface area (Å²) in [6.45, 7) is 0. The van der Waals surface area contributed by atoms with Gasteiger partial charge in [0.05, 0.1) is 23.8 Å². The third-order valence-corrected chi connectivity index (χ3v) is 2.00. The van der Waals surface area contributed by atoms with Crippen LogP contribution in [-0.4, -0.2) is 9.97 Å². The van der Waals surface area contributed by atoms with Crippen LogP contribution in [0, 0.1) is 0 Å². The van der Waals surface area contributed by atoms with Crippen LogP contribution in [0.3, 0.4) is 0 Å². The lowest BCUT2D eigenvalue weighted by atomic mass is 10.3. The van der Waals surface area contributed by atoms with Gasteiger partial charge >= 0.3 is 6.18 Å². The summed E-state index contributed by atoms with van der Waals surface area (Å²) in [4.78, 5) is 7.21. The fourth-order valence-corrected chi connectivity index (χ4v) is 1.24. The highest BCUT2D eigenvalue weighted by Gasteiger charge is 2.31. The second-order valence-electron chi connectivity index (χ2n) is 3.30. The van der Waals surface area contributed by atoms with Crippen molar-refractivity contribution in [3.05, 3.63) is 48.5 Å². The molecule has 0 aliphatic carbocycles. The molecule has 0 amide bonds. The summed E-state index contributed by atoms with van der Waals surface area (Å²) in [6.07, 6.45) is -0.101. The molecule has 17 heavy (non-hydrogen) atoms. The van der Waals surface area contributed by atoms with E-state index in [9.17, 15) is 13.2 Å². The summed E-state index contributed by atoms with van der Waals surface area (Å²) in [6, 6.07) is 5.73. The second kappa shape index (κ2) is 4.40. The van der Waals surface area contributed by atoms with Crippen LogP contribution in [0.5, 0.6) is 0 Å². The van der Waals surface area contributed by atoms with Gasteiger partial charge in [0.15, 0.2) is 0 Å². The largest absolute Gasteiger partial charge is 0.433 e. The summed E-state index contributed by atoms with van der Waals surface area (Å²) in [7, 11) is 0. The van der Waals surface area contributed by atoms with Crippen molar-refractivity contribution in [3.63, 3.8) is 0 Å². The van der Waals surface area contributed by atoms with Gasteiger partial charge in [0.2, 0.25) is 0 Å². The highest BCUT2D eigenvalue weighted by molar-refractivity contribution is 5.57. The molecule has 0 fully saturated rings. The zero-order valence-corrected chi connectivity index (χ0v) is 8.57. The van der Waals surface area contributed by atoms with Gasteiger partial charge in [0.25, 0.3) is 0 Å². The van der Waals surface area contributed by atoms with E-state index in [1.165, 1.54) is 6.07 Å². The van der Waals surface area contributed by atoms with Crippen molar-refractivity contribution in [1.82, 2.24) is 9.97 Å². The number of alkyl halides is 3. The van der Waals surface area contributed by atoms with E-state index in [2.05, 4.69) is 15.3 Å². The highest BCUT2D eigenvalue weighted by atomic mass is 19.4. The summed E-state index contributed by atoms with van der Waals surface area (Å²) in [5, 5.41) is 2.89. The molecule has 1 N–H and O–H groups in total. The van der Waals surface area contributed by atoms with E-state index >= 15 is 0 Å². The van der Waals surface area contributed by atoms with E-state index in [-0.39, 0.29) is 0 Å². The molecule has 0 unspecified atom stereocenters. The minimum atomic E-state index is -4.41. The quantitative estimate of drug-likeness (QED) is 0.874. The average molecular weight is 239 g/mol. The predicted molar refractivity (Wildman–Crippen MR) is 56.8 cm³/mol. The molecule has 2 aromatic heterocycles. The minimum absolute atomic E-state index is 0.478. The standard InChI is InChI=1S/C11H8F3N3/c12-11(13,14)10-4-3-9(7-16-10)17-8-2-1-5-15-6-8/h1-7,17H. The summed E-state index contributed by atoms with van der Waals surface area (Å²) >= 11 is 0. The van der Waals surface area contributed by atoms with Gasteiger partial charge in [0, 0.05) is 6.20 Å². The SMILES string of the molecule is FC(F)(F)c1ccc(Nc2cccnc2)cn1. The molecule has 2 heterocycles.